The zero-order valence-corrected chi connectivity index (χ0v) is 13.7. The van der Waals surface area contributed by atoms with Gasteiger partial charge in [0, 0.05) is 17.3 Å². The van der Waals surface area contributed by atoms with E-state index in [1.807, 2.05) is 26.0 Å². The van der Waals surface area contributed by atoms with Crippen molar-refractivity contribution < 1.29 is 4.79 Å². The van der Waals surface area contributed by atoms with E-state index in [-0.39, 0.29) is 17.4 Å². The fourth-order valence-electron chi connectivity index (χ4n) is 2.69. The van der Waals surface area contributed by atoms with Crippen molar-refractivity contribution in [1.82, 2.24) is 4.90 Å². The summed E-state index contributed by atoms with van der Waals surface area (Å²) >= 11 is 5.99. The van der Waals surface area contributed by atoms with Gasteiger partial charge in [-0.05, 0) is 56.5 Å². The van der Waals surface area contributed by atoms with E-state index in [4.69, 9.17) is 17.3 Å². The van der Waals surface area contributed by atoms with Crippen LogP contribution in [0, 0.1) is 12.3 Å². The Balaban J connectivity index is 2.02. The number of carbonyl (C=O) groups is 1. The van der Waals surface area contributed by atoms with Crippen molar-refractivity contribution >= 4 is 23.2 Å². The van der Waals surface area contributed by atoms with Crippen molar-refractivity contribution in [1.29, 1.82) is 0 Å². The molecule has 3 N–H and O–H groups in total. The van der Waals surface area contributed by atoms with Crippen molar-refractivity contribution in [3.05, 3.63) is 28.8 Å². The average Bonchev–Trinajstić information content (AvgIpc) is 2.85. The van der Waals surface area contributed by atoms with E-state index in [9.17, 15) is 4.79 Å². The molecule has 116 valence electrons. The number of nitrogens with one attached hydrogen (secondary N) is 1. The second kappa shape index (κ2) is 6.34. The zero-order valence-electron chi connectivity index (χ0n) is 12.9. The monoisotopic (exact) mass is 309 g/mol. The highest BCUT2D eigenvalue weighted by molar-refractivity contribution is 6.31. The molecule has 21 heavy (non-hydrogen) atoms. The molecular formula is C16H24ClN3O. The third-order valence-corrected chi connectivity index (χ3v) is 4.70. The standard InChI is InChI=1S/C16H24ClN3O/c1-11-4-5-13(17)8-14(11)19-15(21)12(2)20-7-6-16(3,9-18)10-20/h4-5,8,12H,6-7,9-10,18H2,1-3H3,(H,19,21). The number of anilines is 1. The first kappa shape index (κ1) is 16.3. The van der Waals surface area contributed by atoms with Crippen molar-refractivity contribution in [2.45, 2.75) is 33.2 Å². The number of nitrogens with zero attached hydrogens (tertiary/aromatic N) is 1. The van der Waals surface area contributed by atoms with Gasteiger partial charge in [-0.25, -0.2) is 0 Å². The van der Waals surface area contributed by atoms with Crippen molar-refractivity contribution in [2.24, 2.45) is 11.1 Å². The molecule has 0 spiro atoms. The van der Waals surface area contributed by atoms with Crippen molar-refractivity contribution in [2.75, 3.05) is 25.0 Å². The summed E-state index contributed by atoms with van der Waals surface area (Å²) in [7, 11) is 0. The molecule has 2 atom stereocenters. The minimum Gasteiger partial charge on any atom is -0.330 e. The quantitative estimate of drug-likeness (QED) is 0.899. The summed E-state index contributed by atoms with van der Waals surface area (Å²) in [6.07, 6.45) is 1.04. The van der Waals surface area contributed by atoms with Crippen LogP contribution in [0.5, 0.6) is 0 Å². The second-order valence-electron chi connectivity index (χ2n) is 6.36. The van der Waals surface area contributed by atoms with E-state index < -0.39 is 0 Å². The Kier molecular flexibility index (Phi) is 4.91. The molecule has 1 aliphatic rings. The van der Waals surface area contributed by atoms with E-state index in [1.54, 1.807) is 6.07 Å². The van der Waals surface area contributed by atoms with Gasteiger partial charge in [0.2, 0.25) is 5.91 Å². The van der Waals surface area contributed by atoms with E-state index in [0.717, 1.165) is 30.8 Å². The van der Waals surface area contributed by atoms with Crippen molar-refractivity contribution in [3.8, 4) is 0 Å². The third-order valence-electron chi connectivity index (χ3n) is 4.46. The molecule has 0 aliphatic carbocycles. The molecule has 0 bridgehead atoms. The number of benzene rings is 1. The Labute approximate surface area is 131 Å². The molecule has 1 aliphatic heterocycles. The van der Waals surface area contributed by atoms with Crippen LogP contribution in [-0.2, 0) is 4.79 Å². The topological polar surface area (TPSA) is 58.4 Å². The number of nitrogens with two attached hydrogens (primary N) is 1. The zero-order chi connectivity index (χ0) is 15.6. The molecule has 2 rings (SSSR count). The molecule has 1 heterocycles. The molecule has 0 aromatic heterocycles. The minimum atomic E-state index is -0.170. The van der Waals surface area contributed by atoms with Crippen LogP contribution in [0.4, 0.5) is 5.69 Å². The first-order chi connectivity index (χ1) is 9.84. The first-order valence-electron chi connectivity index (χ1n) is 7.36. The summed E-state index contributed by atoms with van der Waals surface area (Å²) < 4.78 is 0. The number of aryl methyl sites for hydroxylation is 1. The lowest BCUT2D eigenvalue weighted by atomic mass is 9.90. The maximum absolute atomic E-state index is 12.4. The molecule has 0 saturated carbocycles. The SMILES string of the molecule is Cc1ccc(Cl)cc1NC(=O)C(C)N1CCC(C)(CN)C1. The molecule has 1 amide bonds. The predicted octanol–water partition coefficient (Wildman–Crippen LogP) is 2.65. The number of likely N-dealkylation sites (tertiary alicyclic amines) is 1. The van der Waals surface area contributed by atoms with Crippen LogP contribution in [-0.4, -0.2) is 36.5 Å². The molecule has 1 aromatic rings. The summed E-state index contributed by atoms with van der Waals surface area (Å²) in [5, 5.41) is 3.60. The van der Waals surface area contributed by atoms with Gasteiger partial charge in [0.05, 0.1) is 6.04 Å². The number of halogens is 1. The smallest absolute Gasteiger partial charge is 0.241 e. The van der Waals surface area contributed by atoms with Gasteiger partial charge in [0.15, 0.2) is 0 Å². The molecule has 4 nitrogen and oxygen atoms in total. The highest BCUT2D eigenvalue weighted by Crippen LogP contribution is 2.30. The van der Waals surface area contributed by atoms with Crippen LogP contribution in [0.2, 0.25) is 5.02 Å². The fraction of sp³-hybridized carbons (Fsp3) is 0.562. The maximum atomic E-state index is 12.4. The van der Waals surface area contributed by atoms with Crippen LogP contribution in [0.15, 0.2) is 18.2 Å². The van der Waals surface area contributed by atoms with E-state index >= 15 is 0 Å². The Morgan fingerprint density at radius 2 is 2.29 bits per heavy atom. The number of carbonyl (C=O) groups excluding carboxylic acids is 1. The van der Waals surface area contributed by atoms with Crippen molar-refractivity contribution in [3.63, 3.8) is 0 Å². The van der Waals surface area contributed by atoms with Gasteiger partial charge in [0.1, 0.15) is 0 Å². The van der Waals surface area contributed by atoms with E-state index in [1.165, 1.54) is 0 Å². The molecule has 5 heteroatoms. The van der Waals surface area contributed by atoms with Gasteiger partial charge in [0.25, 0.3) is 0 Å². The molecule has 1 fully saturated rings. The summed E-state index contributed by atoms with van der Waals surface area (Å²) in [5.41, 5.74) is 7.74. The number of rotatable bonds is 4. The van der Waals surface area contributed by atoms with Gasteiger partial charge < -0.3 is 11.1 Å². The highest BCUT2D eigenvalue weighted by Gasteiger charge is 2.36. The Hall–Kier alpha value is -1.10. The summed E-state index contributed by atoms with van der Waals surface area (Å²) in [5.74, 6) is 0.00152. The lowest BCUT2D eigenvalue weighted by Gasteiger charge is -2.26. The second-order valence-corrected chi connectivity index (χ2v) is 6.80. The number of hydrogen-bond acceptors (Lipinski definition) is 3. The average molecular weight is 310 g/mol. The molecule has 1 aromatic carbocycles. The molecule has 1 saturated heterocycles. The van der Waals surface area contributed by atoms with Gasteiger partial charge in [-0.2, -0.15) is 0 Å². The predicted molar refractivity (Wildman–Crippen MR) is 87.6 cm³/mol. The largest absolute Gasteiger partial charge is 0.330 e. The molecule has 2 unspecified atom stereocenters. The van der Waals surface area contributed by atoms with Gasteiger partial charge in [-0.3, -0.25) is 9.69 Å². The van der Waals surface area contributed by atoms with Gasteiger partial charge in [-0.15, -0.1) is 0 Å². The summed E-state index contributed by atoms with van der Waals surface area (Å²) in [4.78, 5) is 14.6. The number of amides is 1. The van der Waals surface area contributed by atoms with Crippen LogP contribution >= 0.6 is 11.6 Å². The molecular weight excluding hydrogens is 286 g/mol. The van der Waals surface area contributed by atoms with Gasteiger partial charge >= 0.3 is 0 Å². The highest BCUT2D eigenvalue weighted by atomic mass is 35.5. The molecule has 0 radical (unpaired) electrons. The summed E-state index contributed by atoms with van der Waals surface area (Å²) in [6.45, 7) is 8.52. The number of hydrogen-bond donors (Lipinski definition) is 2. The lowest BCUT2D eigenvalue weighted by Crippen LogP contribution is -2.42. The normalized spacial score (nSPS) is 24.0. The van der Waals surface area contributed by atoms with Crippen LogP contribution < -0.4 is 11.1 Å². The fourth-order valence-corrected chi connectivity index (χ4v) is 2.86. The van der Waals surface area contributed by atoms with Crippen LogP contribution in [0.1, 0.15) is 25.8 Å². The van der Waals surface area contributed by atoms with Crippen LogP contribution in [0.3, 0.4) is 0 Å². The first-order valence-corrected chi connectivity index (χ1v) is 7.73. The Morgan fingerprint density at radius 1 is 1.57 bits per heavy atom. The minimum absolute atomic E-state index is 0.00152. The van der Waals surface area contributed by atoms with E-state index in [0.29, 0.717) is 11.6 Å². The Morgan fingerprint density at radius 3 is 2.90 bits per heavy atom. The maximum Gasteiger partial charge on any atom is 0.241 e. The lowest BCUT2D eigenvalue weighted by molar-refractivity contribution is -0.120. The third kappa shape index (κ3) is 3.76. The Bertz CT molecular complexity index is 534. The summed E-state index contributed by atoms with van der Waals surface area (Å²) in [6, 6.07) is 5.35. The van der Waals surface area contributed by atoms with Gasteiger partial charge in [-0.1, -0.05) is 24.6 Å². The van der Waals surface area contributed by atoms with Crippen LogP contribution in [0.25, 0.3) is 0 Å². The van der Waals surface area contributed by atoms with E-state index in [2.05, 4.69) is 17.1 Å².